The molecule has 1 heterocycles. The summed E-state index contributed by atoms with van der Waals surface area (Å²) in [5, 5.41) is 9.79. The summed E-state index contributed by atoms with van der Waals surface area (Å²) >= 11 is 0. The number of benzene rings is 1. The van der Waals surface area contributed by atoms with Crippen molar-refractivity contribution < 1.29 is 9.90 Å². The van der Waals surface area contributed by atoms with Crippen LogP contribution in [0.15, 0.2) is 43.0 Å². The van der Waals surface area contributed by atoms with Gasteiger partial charge in [-0.3, -0.25) is 4.79 Å². The number of aliphatic carboxylic acids is 1. The minimum absolute atomic E-state index is 0.461. The first kappa shape index (κ1) is 22.2. The van der Waals surface area contributed by atoms with Crippen molar-refractivity contribution in [1.82, 2.24) is 9.55 Å². The highest BCUT2D eigenvalue weighted by Crippen LogP contribution is 2.28. The quantitative estimate of drug-likeness (QED) is 0.346. The zero-order valence-electron chi connectivity index (χ0n) is 17.4. The van der Waals surface area contributed by atoms with Crippen LogP contribution in [0.4, 0.5) is 0 Å². The van der Waals surface area contributed by atoms with Gasteiger partial charge in [0.2, 0.25) is 0 Å². The number of para-hydroxylation sites is 1. The number of nitrogens with zero attached hydrogens (tertiary/aromatic N) is 2. The van der Waals surface area contributed by atoms with Gasteiger partial charge < -0.3 is 9.67 Å². The van der Waals surface area contributed by atoms with Gasteiger partial charge >= 0.3 is 5.97 Å². The number of imidazole rings is 1. The highest BCUT2D eigenvalue weighted by atomic mass is 16.4. The molecule has 1 aromatic carbocycles. The molecule has 1 aromatic heterocycles. The van der Waals surface area contributed by atoms with Gasteiger partial charge in [-0.1, -0.05) is 95.8 Å². The van der Waals surface area contributed by atoms with Crippen LogP contribution in [-0.2, 0) is 4.79 Å². The largest absolute Gasteiger partial charge is 0.481 e. The van der Waals surface area contributed by atoms with Gasteiger partial charge in [0.1, 0.15) is 0 Å². The van der Waals surface area contributed by atoms with E-state index >= 15 is 0 Å². The Morgan fingerprint density at radius 3 is 2.14 bits per heavy atom. The van der Waals surface area contributed by atoms with Crippen molar-refractivity contribution in [3.8, 4) is 5.69 Å². The summed E-state index contributed by atoms with van der Waals surface area (Å²) in [4.78, 5) is 16.0. The van der Waals surface area contributed by atoms with Crippen molar-refractivity contribution in [2.24, 2.45) is 0 Å². The molecule has 0 aliphatic carbocycles. The minimum atomic E-state index is -0.736. The highest BCUT2D eigenvalue weighted by Gasteiger charge is 2.22. The SMILES string of the molecule is CCCCCCCCCCCCCC(C(=O)O)c1ccccc1-n1ccnc1. The predicted octanol–water partition coefficient (Wildman–Crippen LogP) is 6.74. The summed E-state index contributed by atoms with van der Waals surface area (Å²) in [6.45, 7) is 2.26. The molecule has 0 spiro atoms. The van der Waals surface area contributed by atoms with Gasteiger partial charge in [0.15, 0.2) is 0 Å². The van der Waals surface area contributed by atoms with Gasteiger partial charge in [0.05, 0.1) is 17.9 Å². The Morgan fingerprint density at radius 1 is 0.964 bits per heavy atom. The van der Waals surface area contributed by atoms with Crippen molar-refractivity contribution in [3.63, 3.8) is 0 Å². The Morgan fingerprint density at radius 2 is 1.57 bits per heavy atom. The molecule has 0 saturated carbocycles. The molecule has 1 unspecified atom stereocenters. The number of carboxylic acid groups (broad SMARTS) is 1. The van der Waals surface area contributed by atoms with Gasteiger partial charge in [0, 0.05) is 12.4 Å². The maximum Gasteiger partial charge on any atom is 0.311 e. The highest BCUT2D eigenvalue weighted by molar-refractivity contribution is 5.77. The van der Waals surface area contributed by atoms with Crippen LogP contribution in [0.25, 0.3) is 5.69 Å². The average molecular weight is 385 g/mol. The van der Waals surface area contributed by atoms with Gasteiger partial charge in [-0.15, -0.1) is 0 Å². The second kappa shape index (κ2) is 13.1. The van der Waals surface area contributed by atoms with Gasteiger partial charge in [-0.25, -0.2) is 4.98 Å². The molecule has 2 aromatic rings. The minimum Gasteiger partial charge on any atom is -0.481 e. The molecule has 1 atom stereocenters. The molecule has 0 fully saturated rings. The number of carboxylic acids is 1. The van der Waals surface area contributed by atoms with E-state index in [0.717, 1.165) is 24.1 Å². The Hall–Kier alpha value is -2.10. The summed E-state index contributed by atoms with van der Waals surface area (Å²) in [6, 6.07) is 7.77. The lowest BCUT2D eigenvalue weighted by Gasteiger charge is -2.17. The third-order valence-corrected chi connectivity index (χ3v) is 5.49. The lowest BCUT2D eigenvalue weighted by molar-refractivity contribution is -0.139. The summed E-state index contributed by atoms with van der Waals surface area (Å²) in [7, 11) is 0. The van der Waals surface area contributed by atoms with Crippen molar-refractivity contribution in [1.29, 1.82) is 0 Å². The Labute approximate surface area is 170 Å². The molecule has 0 aliphatic heterocycles. The second-order valence-corrected chi connectivity index (χ2v) is 7.74. The number of aromatic nitrogens is 2. The van der Waals surface area contributed by atoms with Crippen LogP contribution in [0, 0.1) is 0 Å². The standard InChI is InChI=1S/C24H36N2O2/c1-2-3-4-5-6-7-8-9-10-11-12-16-22(24(27)28)21-15-13-14-17-23(21)26-19-18-25-20-26/h13-15,17-20,22H,2-12,16H2,1H3,(H,27,28). The maximum atomic E-state index is 11.9. The predicted molar refractivity (Wildman–Crippen MR) is 115 cm³/mol. The van der Waals surface area contributed by atoms with E-state index in [4.69, 9.17) is 0 Å². The van der Waals surface area contributed by atoms with E-state index in [0.29, 0.717) is 6.42 Å². The molecule has 4 heteroatoms. The first-order chi connectivity index (χ1) is 13.7. The molecule has 0 radical (unpaired) electrons. The first-order valence-corrected chi connectivity index (χ1v) is 11.0. The number of carbonyl (C=O) groups is 1. The van der Waals surface area contributed by atoms with Crippen molar-refractivity contribution >= 4 is 5.97 Å². The Balaban J connectivity index is 1.73. The number of unbranched alkanes of at least 4 members (excludes halogenated alkanes) is 10. The van der Waals surface area contributed by atoms with E-state index in [-0.39, 0.29) is 0 Å². The normalized spacial score (nSPS) is 12.2. The van der Waals surface area contributed by atoms with Crippen molar-refractivity contribution in [3.05, 3.63) is 48.5 Å². The van der Waals surface area contributed by atoms with Crippen LogP contribution in [0.2, 0.25) is 0 Å². The van der Waals surface area contributed by atoms with E-state index < -0.39 is 11.9 Å². The lowest BCUT2D eigenvalue weighted by atomic mass is 9.91. The fraction of sp³-hybridized carbons (Fsp3) is 0.583. The van der Waals surface area contributed by atoms with Gasteiger partial charge in [0.25, 0.3) is 0 Å². The number of hydrogen-bond acceptors (Lipinski definition) is 2. The molecule has 2 rings (SSSR count). The van der Waals surface area contributed by atoms with Crippen molar-refractivity contribution in [2.45, 2.75) is 89.9 Å². The molecule has 0 amide bonds. The third-order valence-electron chi connectivity index (χ3n) is 5.49. The molecule has 0 bridgehead atoms. The van der Waals surface area contributed by atoms with Gasteiger partial charge in [-0.2, -0.15) is 0 Å². The molecule has 0 saturated heterocycles. The fourth-order valence-electron chi connectivity index (χ4n) is 3.84. The van der Waals surface area contributed by atoms with Crippen LogP contribution >= 0.6 is 0 Å². The van der Waals surface area contributed by atoms with E-state index in [1.165, 1.54) is 57.8 Å². The first-order valence-electron chi connectivity index (χ1n) is 11.0. The van der Waals surface area contributed by atoms with Crippen LogP contribution in [-0.4, -0.2) is 20.6 Å². The van der Waals surface area contributed by atoms with Crippen LogP contribution in [0.5, 0.6) is 0 Å². The van der Waals surface area contributed by atoms with Crippen molar-refractivity contribution in [2.75, 3.05) is 0 Å². The molecular formula is C24H36N2O2. The third kappa shape index (κ3) is 7.49. The zero-order chi connectivity index (χ0) is 20.0. The number of rotatable bonds is 15. The molecule has 4 nitrogen and oxygen atoms in total. The summed E-state index contributed by atoms with van der Waals surface area (Å²) in [5.74, 6) is -1.20. The maximum absolute atomic E-state index is 11.9. The summed E-state index contributed by atoms with van der Waals surface area (Å²) < 4.78 is 1.89. The van der Waals surface area contributed by atoms with E-state index in [1.54, 1.807) is 12.5 Å². The van der Waals surface area contributed by atoms with E-state index in [2.05, 4.69) is 11.9 Å². The summed E-state index contributed by atoms with van der Waals surface area (Å²) in [5.41, 5.74) is 1.79. The molecular weight excluding hydrogens is 348 g/mol. The topological polar surface area (TPSA) is 55.1 Å². The Kier molecular flexibility index (Phi) is 10.4. The van der Waals surface area contributed by atoms with E-state index in [1.807, 2.05) is 35.0 Å². The number of hydrogen-bond donors (Lipinski definition) is 1. The van der Waals surface area contributed by atoms with Crippen LogP contribution in [0.1, 0.15) is 95.5 Å². The average Bonchev–Trinajstić information content (AvgIpc) is 3.23. The zero-order valence-corrected chi connectivity index (χ0v) is 17.4. The van der Waals surface area contributed by atoms with Gasteiger partial charge in [-0.05, 0) is 18.1 Å². The molecule has 28 heavy (non-hydrogen) atoms. The lowest BCUT2D eigenvalue weighted by Crippen LogP contribution is -2.14. The second-order valence-electron chi connectivity index (χ2n) is 7.74. The molecule has 154 valence electrons. The Bertz CT molecular complexity index is 667. The molecule has 1 N–H and O–H groups in total. The van der Waals surface area contributed by atoms with Crippen LogP contribution < -0.4 is 0 Å². The smallest absolute Gasteiger partial charge is 0.311 e. The molecule has 0 aliphatic rings. The van der Waals surface area contributed by atoms with E-state index in [9.17, 15) is 9.90 Å². The summed E-state index contributed by atoms with van der Waals surface area (Å²) in [6.07, 6.45) is 20.0. The van der Waals surface area contributed by atoms with Crippen LogP contribution in [0.3, 0.4) is 0 Å². The fourth-order valence-corrected chi connectivity index (χ4v) is 3.84. The monoisotopic (exact) mass is 384 g/mol.